The van der Waals surface area contributed by atoms with Crippen LogP contribution in [-0.4, -0.2) is 23.4 Å². The number of aromatic nitrogens is 3. The molecule has 3 aromatic rings. The zero-order valence-electron chi connectivity index (χ0n) is 16.4. The van der Waals surface area contributed by atoms with Crippen molar-refractivity contribution in [1.29, 1.82) is 0 Å². The van der Waals surface area contributed by atoms with Crippen molar-refractivity contribution in [3.05, 3.63) is 76.4 Å². The van der Waals surface area contributed by atoms with Crippen LogP contribution in [-0.2, 0) is 16.4 Å². The molecular weight excluding hydrogens is 466 g/mol. The van der Waals surface area contributed by atoms with Crippen LogP contribution >= 0.6 is 15.9 Å². The fraction of sp³-hybridized carbons (Fsp3) is 0.286. The summed E-state index contributed by atoms with van der Waals surface area (Å²) >= 11 is 3.45. The van der Waals surface area contributed by atoms with E-state index >= 15 is 0 Å². The van der Waals surface area contributed by atoms with Gasteiger partial charge >= 0.3 is 0 Å². The van der Waals surface area contributed by atoms with Crippen molar-refractivity contribution in [2.45, 2.75) is 43.2 Å². The molecule has 0 saturated carbocycles. The SMILES string of the molecule is CC(Nc1ncc(S(=O)(=O)NC2CCCc3ncccc32)cc1Br)c1cccnc1. The molecule has 0 radical (unpaired) electrons. The van der Waals surface area contributed by atoms with Crippen molar-refractivity contribution in [2.75, 3.05) is 5.32 Å². The minimum Gasteiger partial charge on any atom is -0.363 e. The third-order valence-corrected chi connectivity index (χ3v) is 7.21. The van der Waals surface area contributed by atoms with Gasteiger partial charge in [-0.05, 0) is 71.4 Å². The molecule has 0 spiro atoms. The molecule has 156 valence electrons. The van der Waals surface area contributed by atoms with Crippen LogP contribution < -0.4 is 10.0 Å². The standard InChI is InChI=1S/C21H22BrN5O2S/c1-14(15-5-3-9-23-12-15)26-21-18(22)11-16(13-25-21)30(28,29)27-20-8-2-7-19-17(20)6-4-10-24-19/h3-6,9-14,20,27H,2,7-8H2,1H3,(H,25,26). The number of hydrogen-bond donors (Lipinski definition) is 2. The third kappa shape index (κ3) is 4.53. The van der Waals surface area contributed by atoms with Crippen LogP contribution in [0.25, 0.3) is 0 Å². The molecule has 3 heterocycles. The summed E-state index contributed by atoms with van der Waals surface area (Å²) in [4.78, 5) is 13.0. The second kappa shape index (κ2) is 8.79. The van der Waals surface area contributed by atoms with E-state index in [1.165, 1.54) is 6.20 Å². The van der Waals surface area contributed by atoms with Crippen molar-refractivity contribution >= 4 is 31.8 Å². The molecule has 1 aliphatic carbocycles. The summed E-state index contributed by atoms with van der Waals surface area (Å²) in [5.41, 5.74) is 2.91. The van der Waals surface area contributed by atoms with Crippen molar-refractivity contribution < 1.29 is 8.42 Å². The molecule has 0 aromatic carbocycles. The molecule has 0 bridgehead atoms. The molecule has 2 N–H and O–H groups in total. The monoisotopic (exact) mass is 487 g/mol. The lowest BCUT2D eigenvalue weighted by Gasteiger charge is -2.25. The van der Waals surface area contributed by atoms with Gasteiger partial charge in [0.1, 0.15) is 10.7 Å². The predicted molar refractivity (Wildman–Crippen MR) is 118 cm³/mol. The van der Waals surface area contributed by atoms with Crippen LogP contribution in [0.4, 0.5) is 5.82 Å². The summed E-state index contributed by atoms with van der Waals surface area (Å²) in [5.74, 6) is 0.567. The highest BCUT2D eigenvalue weighted by Crippen LogP contribution is 2.31. The average molecular weight is 488 g/mol. The molecule has 0 aliphatic heterocycles. The van der Waals surface area contributed by atoms with E-state index in [0.29, 0.717) is 10.3 Å². The van der Waals surface area contributed by atoms with Gasteiger partial charge < -0.3 is 5.32 Å². The van der Waals surface area contributed by atoms with Gasteiger partial charge in [-0.3, -0.25) is 9.97 Å². The first-order valence-corrected chi connectivity index (χ1v) is 12.0. The number of hydrogen-bond acceptors (Lipinski definition) is 6. The molecule has 2 unspecified atom stereocenters. The van der Waals surface area contributed by atoms with Crippen LogP contribution in [0.2, 0.25) is 0 Å². The van der Waals surface area contributed by atoms with Crippen molar-refractivity contribution in [2.24, 2.45) is 0 Å². The Morgan fingerprint density at radius 1 is 1.17 bits per heavy atom. The number of aryl methyl sites for hydroxylation is 1. The van der Waals surface area contributed by atoms with Crippen LogP contribution in [0.1, 0.15) is 48.7 Å². The highest BCUT2D eigenvalue weighted by atomic mass is 79.9. The van der Waals surface area contributed by atoms with Crippen LogP contribution in [0, 0.1) is 0 Å². The lowest BCUT2D eigenvalue weighted by atomic mass is 9.92. The van der Waals surface area contributed by atoms with E-state index < -0.39 is 10.0 Å². The highest BCUT2D eigenvalue weighted by Gasteiger charge is 2.27. The van der Waals surface area contributed by atoms with Gasteiger partial charge in [-0.25, -0.2) is 18.1 Å². The molecule has 0 amide bonds. The van der Waals surface area contributed by atoms with Gasteiger partial charge in [-0.15, -0.1) is 0 Å². The van der Waals surface area contributed by atoms with E-state index in [-0.39, 0.29) is 17.0 Å². The number of halogens is 1. The molecule has 2 atom stereocenters. The van der Waals surface area contributed by atoms with Gasteiger partial charge in [0.2, 0.25) is 10.0 Å². The lowest BCUT2D eigenvalue weighted by Crippen LogP contribution is -2.31. The third-order valence-electron chi connectivity index (χ3n) is 5.17. The first-order chi connectivity index (χ1) is 14.4. The second-order valence-electron chi connectivity index (χ2n) is 7.26. The highest BCUT2D eigenvalue weighted by molar-refractivity contribution is 9.10. The van der Waals surface area contributed by atoms with Crippen LogP contribution in [0.15, 0.2) is 64.5 Å². The number of nitrogens with one attached hydrogen (secondary N) is 2. The first kappa shape index (κ1) is 20.9. The first-order valence-electron chi connectivity index (χ1n) is 9.72. The number of nitrogens with zero attached hydrogens (tertiary/aromatic N) is 3. The number of fused-ring (bicyclic) bond motifs is 1. The number of pyridine rings is 3. The summed E-state index contributed by atoms with van der Waals surface area (Å²) in [6.07, 6.45) is 9.14. The van der Waals surface area contributed by atoms with Gasteiger partial charge in [-0.2, -0.15) is 0 Å². The van der Waals surface area contributed by atoms with E-state index in [2.05, 4.69) is 40.9 Å². The van der Waals surface area contributed by atoms with E-state index in [1.807, 2.05) is 31.2 Å². The maximum atomic E-state index is 13.0. The maximum Gasteiger partial charge on any atom is 0.242 e. The average Bonchev–Trinajstić information content (AvgIpc) is 2.75. The number of rotatable bonds is 6. The van der Waals surface area contributed by atoms with E-state index in [4.69, 9.17) is 0 Å². The normalized spacial score (nSPS) is 17.2. The largest absolute Gasteiger partial charge is 0.363 e. The maximum absolute atomic E-state index is 13.0. The summed E-state index contributed by atoms with van der Waals surface area (Å²) in [5, 5.41) is 3.28. The fourth-order valence-electron chi connectivity index (χ4n) is 3.58. The molecule has 7 nitrogen and oxygen atoms in total. The van der Waals surface area contributed by atoms with Crippen molar-refractivity contribution in [3.8, 4) is 0 Å². The minimum atomic E-state index is -3.73. The zero-order valence-corrected chi connectivity index (χ0v) is 18.8. The van der Waals surface area contributed by atoms with Gasteiger partial charge in [0.05, 0.1) is 10.5 Å². The van der Waals surface area contributed by atoms with E-state index in [9.17, 15) is 8.42 Å². The molecule has 0 fully saturated rings. The van der Waals surface area contributed by atoms with Crippen molar-refractivity contribution in [1.82, 2.24) is 19.7 Å². The molecular formula is C21H22BrN5O2S. The fourth-order valence-corrected chi connectivity index (χ4v) is 5.41. The van der Waals surface area contributed by atoms with Crippen LogP contribution in [0.5, 0.6) is 0 Å². The van der Waals surface area contributed by atoms with Crippen molar-refractivity contribution in [3.63, 3.8) is 0 Å². The number of sulfonamides is 1. The summed E-state index contributed by atoms with van der Waals surface area (Å²) in [6, 6.07) is 8.88. The summed E-state index contributed by atoms with van der Waals surface area (Å²) < 4.78 is 29.4. The van der Waals surface area contributed by atoms with Gasteiger partial charge in [0.15, 0.2) is 0 Å². The minimum absolute atomic E-state index is 0.0330. The topological polar surface area (TPSA) is 96.9 Å². The molecule has 4 rings (SSSR count). The lowest BCUT2D eigenvalue weighted by molar-refractivity contribution is 0.502. The summed E-state index contributed by atoms with van der Waals surface area (Å²) in [6.45, 7) is 1.99. The zero-order chi connectivity index (χ0) is 21.1. The molecule has 9 heteroatoms. The van der Waals surface area contributed by atoms with Gasteiger partial charge in [0.25, 0.3) is 0 Å². The van der Waals surface area contributed by atoms with E-state index in [0.717, 1.165) is 36.1 Å². The molecule has 3 aromatic heterocycles. The Morgan fingerprint density at radius 2 is 2.00 bits per heavy atom. The smallest absolute Gasteiger partial charge is 0.242 e. The molecule has 30 heavy (non-hydrogen) atoms. The Balaban J connectivity index is 1.52. The Labute approximate surface area is 184 Å². The van der Waals surface area contributed by atoms with Gasteiger partial charge in [0, 0.05) is 36.5 Å². The van der Waals surface area contributed by atoms with E-state index in [1.54, 1.807) is 24.7 Å². The Morgan fingerprint density at radius 3 is 2.77 bits per heavy atom. The Kier molecular flexibility index (Phi) is 6.12. The predicted octanol–water partition coefficient (Wildman–Crippen LogP) is 4.16. The quantitative estimate of drug-likeness (QED) is 0.541. The van der Waals surface area contributed by atoms with Gasteiger partial charge in [-0.1, -0.05) is 12.1 Å². The second-order valence-corrected chi connectivity index (χ2v) is 9.83. The van der Waals surface area contributed by atoms with Crippen LogP contribution in [0.3, 0.4) is 0 Å². The Bertz CT molecular complexity index is 1140. The molecule has 1 aliphatic rings. The Hall–Kier alpha value is -2.36. The summed E-state index contributed by atoms with van der Waals surface area (Å²) in [7, 11) is -3.73. The number of anilines is 1. The molecule has 0 saturated heterocycles.